The quantitative estimate of drug-likeness (QED) is 0.474. The molecule has 0 bridgehead atoms. The van der Waals surface area contributed by atoms with E-state index in [0.29, 0.717) is 5.41 Å². The van der Waals surface area contributed by atoms with Crippen molar-refractivity contribution in [2.45, 2.75) is 52.9 Å². The summed E-state index contributed by atoms with van der Waals surface area (Å²) in [4.78, 5) is 0. The lowest BCUT2D eigenvalue weighted by Crippen LogP contribution is -2.21. The van der Waals surface area contributed by atoms with Crippen molar-refractivity contribution in [2.75, 3.05) is 0 Å². The van der Waals surface area contributed by atoms with E-state index in [1.807, 2.05) is 13.8 Å². The van der Waals surface area contributed by atoms with Crippen LogP contribution in [0, 0.1) is 11.3 Å². The summed E-state index contributed by atoms with van der Waals surface area (Å²) >= 11 is 0. The van der Waals surface area contributed by atoms with Gasteiger partial charge in [-0.25, -0.2) is 0 Å². The predicted octanol–water partition coefficient (Wildman–Crippen LogP) is 4.17. The molecular weight excluding hydrogens is 144 g/mol. The van der Waals surface area contributed by atoms with E-state index in [0.717, 1.165) is 5.92 Å². The third-order valence-electron chi connectivity index (χ3n) is 3.38. The monoisotopic (exact) mass is 166 g/mol. The molecule has 0 aromatic carbocycles. The molecule has 0 nitrogen and oxygen atoms in total. The summed E-state index contributed by atoms with van der Waals surface area (Å²) < 4.78 is 0. The number of rotatable bonds is 0. The van der Waals surface area contributed by atoms with Crippen LogP contribution in [0.1, 0.15) is 52.9 Å². The lowest BCUT2D eigenvalue weighted by molar-refractivity contribution is 0.276. The van der Waals surface area contributed by atoms with Crippen molar-refractivity contribution in [3.63, 3.8) is 0 Å². The summed E-state index contributed by atoms with van der Waals surface area (Å²) in [5.41, 5.74) is 0.609. The van der Waals surface area contributed by atoms with Crippen LogP contribution in [0.4, 0.5) is 0 Å². The van der Waals surface area contributed by atoms with Gasteiger partial charge < -0.3 is 0 Å². The molecule has 0 amide bonds. The van der Waals surface area contributed by atoms with Crippen molar-refractivity contribution in [3.8, 4) is 0 Å². The Bertz CT molecular complexity index is 157. The summed E-state index contributed by atoms with van der Waals surface area (Å²) in [7, 11) is 0. The van der Waals surface area contributed by atoms with Crippen LogP contribution < -0.4 is 0 Å². The first kappa shape index (κ1) is 9.83. The van der Waals surface area contributed by atoms with E-state index in [1.54, 1.807) is 0 Å². The second-order valence-corrected chi connectivity index (χ2v) is 4.07. The zero-order chi connectivity index (χ0) is 9.03. The van der Waals surface area contributed by atoms with Crippen molar-refractivity contribution in [1.82, 2.24) is 0 Å². The summed E-state index contributed by atoms with van der Waals surface area (Å²) in [6.45, 7) is 6.43. The van der Waals surface area contributed by atoms with Gasteiger partial charge in [-0.05, 0) is 37.0 Å². The number of hydrogen-bond acceptors (Lipinski definition) is 0. The third kappa shape index (κ3) is 1.73. The van der Waals surface area contributed by atoms with Crippen molar-refractivity contribution in [1.29, 1.82) is 0 Å². The average molecular weight is 166 g/mol. The van der Waals surface area contributed by atoms with Crippen LogP contribution in [0.15, 0.2) is 12.2 Å². The molecule has 2 atom stereocenters. The Balaban J connectivity index is 0.000000336. The number of fused-ring (bicyclic) bond motifs is 1. The van der Waals surface area contributed by atoms with Gasteiger partial charge in [-0.15, -0.1) is 0 Å². The third-order valence-corrected chi connectivity index (χ3v) is 3.38. The standard InChI is InChI=1S/C10H16.C2H6/c1-10-7-3-2-5-9(10)6-4-8-10;1-2/h3,7,9H,2,4-6,8H2,1H3;1-2H3. The Hall–Kier alpha value is -0.260. The molecule has 2 rings (SSSR count). The van der Waals surface area contributed by atoms with Gasteiger partial charge in [-0.2, -0.15) is 0 Å². The zero-order valence-electron chi connectivity index (χ0n) is 8.77. The van der Waals surface area contributed by atoms with Crippen LogP contribution in [0.25, 0.3) is 0 Å². The number of hydrogen-bond donors (Lipinski definition) is 0. The highest BCUT2D eigenvalue weighted by Gasteiger charge is 2.37. The highest BCUT2D eigenvalue weighted by Crippen LogP contribution is 2.48. The summed E-state index contributed by atoms with van der Waals surface area (Å²) in [5.74, 6) is 1.03. The fourth-order valence-electron chi connectivity index (χ4n) is 2.61. The minimum atomic E-state index is 0.609. The molecule has 2 unspecified atom stereocenters. The van der Waals surface area contributed by atoms with Crippen molar-refractivity contribution < 1.29 is 0 Å². The molecule has 2 aliphatic carbocycles. The maximum absolute atomic E-state index is 2.47. The summed E-state index contributed by atoms with van der Waals surface area (Å²) in [6.07, 6.45) is 12.0. The second kappa shape index (κ2) is 4.11. The molecule has 0 aromatic rings. The van der Waals surface area contributed by atoms with E-state index in [4.69, 9.17) is 0 Å². The van der Waals surface area contributed by atoms with Gasteiger partial charge >= 0.3 is 0 Å². The van der Waals surface area contributed by atoms with Crippen LogP contribution in [0.3, 0.4) is 0 Å². The SMILES string of the molecule is CC.CC12C=CCCC1CCC2. The molecule has 12 heavy (non-hydrogen) atoms. The van der Waals surface area contributed by atoms with Gasteiger partial charge in [-0.1, -0.05) is 39.3 Å². The fourth-order valence-corrected chi connectivity index (χ4v) is 2.61. The van der Waals surface area contributed by atoms with Gasteiger partial charge in [0.1, 0.15) is 0 Å². The molecule has 0 heteroatoms. The Morgan fingerprint density at radius 3 is 2.67 bits per heavy atom. The molecule has 0 aromatic heterocycles. The molecule has 0 radical (unpaired) electrons. The van der Waals surface area contributed by atoms with E-state index in [2.05, 4.69) is 19.1 Å². The van der Waals surface area contributed by atoms with E-state index in [9.17, 15) is 0 Å². The Labute approximate surface area is 77.1 Å². The predicted molar refractivity (Wildman–Crippen MR) is 55.2 cm³/mol. The molecular formula is C12H22. The summed E-state index contributed by atoms with van der Waals surface area (Å²) in [6, 6.07) is 0. The van der Waals surface area contributed by atoms with E-state index < -0.39 is 0 Å². The van der Waals surface area contributed by atoms with Crippen LogP contribution >= 0.6 is 0 Å². The highest BCUT2D eigenvalue weighted by atomic mass is 14.4. The van der Waals surface area contributed by atoms with Gasteiger partial charge in [-0.3, -0.25) is 0 Å². The second-order valence-electron chi connectivity index (χ2n) is 4.07. The maximum atomic E-state index is 2.47. The van der Waals surface area contributed by atoms with Crippen LogP contribution in [0.5, 0.6) is 0 Å². The largest absolute Gasteiger partial charge is 0.0880 e. The van der Waals surface area contributed by atoms with E-state index in [1.165, 1.54) is 32.1 Å². The first-order valence-electron chi connectivity index (χ1n) is 5.49. The van der Waals surface area contributed by atoms with Crippen molar-refractivity contribution >= 4 is 0 Å². The molecule has 70 valence electrons. The Morgan fingerprint density at radius 2 is 2.00 bits per heavy atom. The molecule has 0 spiro atoms. The van der Waals surface area contributed by atoms with Gasteiger partial charge in [0.25, 0.3) is 0 Å². The molecule has 0 aliphatic heterocycles. The Kier molecular flexibility index (Phi) is 3.37. The van der Waals surface area contributed by atoms with E-state index in [-0.39, 0.29) is 0 Å². The minimum Gasteiger partial charge on any atom is -0.0880 e. The zero-order valence-corrected chi connectivity index (χ0v) is 8.77. The van der Waals surface area contributed by atoms with Crippen molar-refractivity contribution in [3.05, 3.63) is 12.2 Å². The molecule has 1 saturated carbocycles. The van der Waals surface area contributed by atoms with Crippen molar-refractivity contribution in [2.24, 2.45) is 11.3 Å². The first-order chi connectivity index (χ1) is 5.81. The minimum absolute atomic E-state index is 0.609. The van der Waals surface area contributed by atoms with Crippen LogP contribution in [0.2, 0.25) is 0 Å². The Morgan fingerprint density at radius 1 is 1.25 bits per heavy atom. The van der Waals surface area contributed by atoms with E-state index >= 15 is 0 Å². The smallest absolute Gasteiger partial charge is 0.0118 e. The normalized spacial score (nSPS) is 38.4. The lowest BCUT2D eigenvalue weighted by Gasteiger charge is -2.31. The van der Waals surface area contributed by atoms with Gasteiger partial charge in [0.2, 0.25) is 0 Å². The van der Waals surface area contributed by atoms with Gasteiger partial charge in [0, 0.05) is 0 Å². The first-order valence-corrected chi connectivity index (χ1v) is 5.49. The summed E-state index contributed by atoms with van der Waals surface area (Å²) in [5, 5.41) is 0. The average Bonchev–Trinajstić information content (AvgIpc) is 2.49. The molecule has 1 fully saturated rings. The van der Waals surface area contributed by atoms with Crippen LogP contribution in [-0.2, 0) is 0 Å². The molecule has 0 heterocycles. The van der Waals surface area contributed by atoms with Gasteiger partial charge in [0.15, 0.2) is 0 Å². The fraction of sp³-hybridized carbons (Fsp3) is 0.833. The topological polar surface area (TPSA) is 0 Å². The molecule has 0 saturated heterocycles. The highest BCUT2D eigenvalue weighted by molar-refractivity contribution is 5.07. The maximum Gasteiger partial charge on any atom is -0.0118 e. The van der Waals surface area contributed by atoms with Crippen LogP contribution in [-0.4, -0.2) is 0 Å². The number of allylic oxidation sites excluding steroid dienone is 2. The molecule has 2 aliphatic rings. The molecule has 0 N–H and O–H groups in total. The lowest BCUT2D eigenvalue weighted by atomic mass is 9.74. The van der Waals surface area contributed by atoms with Gasteiger partial charge in [0.05, 0.1) is 0 Å².